The Balaban J connectivity index is 1.67. The summed E-state index contributed by atoms with van der Waals surface area (Å²) in [5, 5.41) is 16.0. The number of amides is 1. The van der Waals surface area contributed by atoms with Crippen LogP contribution in [0.3, 0.4) is 0 Å². The van der Waals surface area contributed by atoms with Crippen LogP contribution >= 0.6 is 0 Å². The average Bonchev–Trinajstić information content (AvgIpc) is 2.46. The zero-order chi connectivity index (χ0) is 14.4. The maximum atomic E-state index is 11.9. The summed E-state index contributed by atoms with van der Waals surface area (Å²) in [6.07, 6.45) is 3.95. The minimum atomic E-state index is -0.239. The van der Waals surface area contributed by atoms with Crippen molar-refractivity contribution in [1.29, 1.82) is 0 Å². The lowest BCUT2D eigenvalue weighted by atomic mass is 9.93. The molecule has 1 aliphatic carbocycles. The fourth-order valence-corrected chi connectivity index (χ4v) is 2.59. The number of carbonyl (C=O) groups is 1. The van der Waals surface area contributed by atoms with Gasteiger partial charge in [-0.25, -0.2) is 0 Å². The third kappa shape index (κ3) is 4.32. The molecule has 2 atom stereocenters. The maximum absolute atomic E-state index is 11.9. The molecule has 110 valence electrons. The van der Waals surface area contributed by atoms with Crippen molar-refractivity contribution < 1.29 is 9.90 Å². The number of hydrogen-bond acceptors (Lipinski definition) is 3. The van der Waals surface area contributed by atoms with Crippen LogP contribution in [0.15, 0.2) is 24.3 Å². The summed E-state index contributed by atoms with van der Waals surface area (Å²) in [7, 11) is 0. The lowest BCUT2D eigenvalue weighted by Gasteiger charge is -2.28. The molecule has 4 nitrogen and oxygen atoms in total. The van der Waals surface area contributed by atoms with Crippen LogP contribution in [0.25, 0.3) is 0 Å². The smallest absolute Gasteiger partial charge is 0.251 e. The number of benzene rings is 1. The van der Waals surface area contributed by atoms with E-state index < -0.39 is 0 Å². The van der Waals surface area contributed by atoms with Crippen molar-refractivity contribution in [2.45, 2.75) is 44.8 Å². The van der Waals surface area contributed by atoms with Gasteiger partial charge in [0.25, 0.3) is 5.91 Å². The van der Waals surface area contributed by atoms with Crippen molar-refractivity contribution in [3.8, 4) is 0 Å². The number of aliphatic hydroxyl groups is 1. The Bertz CT molecular complexity index is 431. The van der Waals surface area contributed by atoms with Crippen molar-refractivity contribution in [2.24, 2.45) is 0 Å². The molecule has 0 aromatic heterocycles. The molecule has 20 heavy (non-hydrogen) atoms. The monoisotopic (exact) mass is 276 g/mol. The van der Waals surface area contributed by atoms with Gasteiger partial charge in [-0.1, -0.05) is 30.5 Å². The van der Waals surface area contributed by atoms with Crippen LogP contribution in [-0.4, -0.2) is 36.2 Å². The predicted molar refractivity (Wildman–Crippen MR) is 79.8 cm³/mol. The highest BCUT2D eigenvalue weighted by Crippen LogP contribution is 2.17. The van der Waals surface area contributed by atoms with Crippen molar-refractivity contribution in [3.63, 3.8) is 0 Å². The predicted octanol–water partition coefficient (Wildman–Crippen LogP) is 1.62. The van der Waals surface area contributed by atoms with Gasteiger partial charge in [0.15, 0.2) is 0 Å². The van der Waals surface area contributed by atoms with Crippen LogP contribution < -0.4 is 10.6 Å². The molecule has 0 unspecified atom stereocenters. The molecular formula is C16H24N2O2. The maximum Gasteiger partial charge on any atom is 0.251 e. The molecule has 1 aliphatic rings. The Kier molecular flexibility index (Phi) is 5.56. The molecule has 4 heteroatoms. The first kappa shape index (κ1) is 15.0. The number of aryl methyl sites for hydroxylation is 1. The molecule has 2 rings (SSSR count). The van der Waals surface area contributed by atoms with Gasteiger partial charge in [0.1, 0.15) is 0 Å². The SMILES string of the molecule is Cc1ccc(C(=O)NCCN[C@@H]2CCCC[C@H]2O)cc1. The Morgan fingerprint density at radius 3 is 2.60 bits per heavy atom. The molecule has 1 fully saturated rings. The van der Waals surface area contributed by atoms with E-state index in [1.165, 1.54) is 6.42 Å². The second-order valence-corrected chi connectivity index (χ2v) is 5.53. The lowest BCUT2D eigenvalue weighted by molar-refractivity contribution is 0.0897. The summed E-state index contributed by atoms with van der Waals surface area (Å²) < 4.78 is 0. The second kappa shape index (κ2) is 7.41. The van der Waals surface area contributed by atoms with E-state index in [1.807, 2.05) is 31.2 Å². The third-order valence-corrected chi connectivity index (χ3v) is 3.86. The van der Waals surface area contributed by atoms with E-state index >= 15 is 0 Å². The number of nitrogens with one attached hydrogen (secondary N) is 2. The highest BCUT2D eigenvalue weighted by atomic mass is 16.3. The van der Waals surface area contributed by atoms with Gasteiger partial charge in [0.2, 0.25) is 0 Å². The summed E-state index contributed by atoms with van der Waals surface area (Å²) in [5.41, 5.74) is 1.84. The molecule has 1 aromatic carbocycles. The van der Waals surface area contributed by atoms with Crippen molar-refractivity contribution in [2.75, 3.05) is 13.1 Å². The van der Waals surface area contributed by atoms with Crippen molar-refractivity contribution in [3.05, 3.63) is 35.4 Å². The second-order valence-electron chi connectivity index (χ2n) is 5.53. The Morgan fingerprint density at radius 2 is 1.90 bits per heavy atom. The molecule has 0 bridgehead atoms. The summed E-state index contributed by atoms with van der Waals surface area (Å²) in [4.78, 5) is 11.9. The van der Waals surface area contributed by atoms with Crippen molar-refractivity contribution >= 4 is 5.91 Å². The first-order valence-corrected chi connectivity index (χ1v) is 7.43. The third-order valence-electron chi connectivity index (χ3n) is 3.86. The summed E-state index contributed by atoms with van der Waals surface area (Å²) in [6.45, 7) is 3.27. The molecule has 0 heterocycles. The number of rotatable bonds is 5. The van der Waals surface area contributed by atoms with Gasteiger partial charge in [0.05, 0.1) is 6.10 Å². The largest absolute Gasteiger partial charge is 0.392 e. The summed E-state index contributed by atoms with van der Waals surface area (Å²) in [6, 6.07) is 7.73. The van der Waals surface area contributed by atoms with Gasteiger partial charge in [-0.15, -0.1) is 0 Å². The van der Waals surface area contributed by atoms with Crippen LogP contribution in [0.4, 0.5) is 0 Å². The normalized spacial score (nSPS) is 22.5. The van der Waals surface area contributed by atoms with Gasteiger partial charge in [-0.2, -0.15) is 0 Å². The zero-order valence-electron chi connectivity index (χ0n) is 12.1. The lowest BCUT2D eigenvalue weighted by Crippen LogP contribution is -2.45. The molecular weight excluding hydrogens is 252 g/mol. The first-order chi connectivity index (χ1) is 9.66. The van der Waals surface area contributed by atoms with Crippen molar-refractivity contribution in [1.82, 2.24) is 10.6 Å². The standard InChI is InChI=1S/C16H24N2O2/c1-12-6-8-13(9-7-12)16(20)18-11-10-17-14-4-2-3-5-15(14)19/h6-9,14-15,17,19H,2-5,10-11H2,1H3,(H,18,20)/t14-,15-/m1/s1. The summed E-state index contributed by atoms with van der Waals surface area (Å²) in [5.74, 6) is -0.0454. The highest BCUT2D eigenvalue weighted by Gasteiger charge is 2.21. The fourth-order valence-electron chi connectivity index (χ4n) is 2.59. The minimum Gasteiger partial charge on any atom is -0.392 e. The van der Waals surface area contributed by atoms with Gasteiger partial charge < -0.3 is 15.7 Å². The zero-order valence-corrected chi connectivity index (χ0v) is 12.1. The number of hydrogen-bond donors (Lipinski definition) is 3. The molecule has 0 radical (unpaired) electrons. The Labute approximate surface area is 120 Å². The van der Waals surface area contributed by atoms with Crippen LogP contribution in [0.2, 0.25) is 0 Å². The number of aliphatic hydroxyl groups excluding tert-OH is 1. The molecule has 1 saturated carbocycles. The first-order valence-electron chi connectivity index (χ1n) is 7.43. The average molecular weight is 276 g/mol. The van der Waals surface area contributed by atoms with E-state index in [2.05, 4.69) is 10.6 Å². The molecule has 0 spiro atoms. The van der Waals surface area contributed by atoms with Crippen LogP contribution in [0.5, 0.6) is 0 Å². The molecule has 0 saturated heterocycles. The topological polar surface area (TPSA) is 61.4 Å². The van der Waals surface area contributed by atoms with Gasteiger partial charge in [0, 0.05) is 24.7 Å². The highest BCUT2D eigenvalue weighted by molar-refractivity contribution is 5.94. The van der Waals surface area contributed by atoms with E-state index in [9.17, 15) is 9.90 Å². The van der Waals surface area contributed by atoms with Gasteiger partial charge >= 0.3 is 0 Å². The fraction of sp³-hybridized carbons (Fsp3) is 0.562. The van der Waals surface area contributed by atoms with Crippen LogP contribution in [0.1, 0.15) is 41.6 Å². The van der Waals surface area contributed by atoms with E-state index in [4.69, 9.17) is 0 Å². The molecule has 3 N–H and O–H groups in total. The van der Waals surface area contributed by atoms with E-state index in [-0.39, 0.29) is 18.1 Å². The molecule has 0 aliphatic heterocycles. The minimum absolute atomic E-state index is 0.0454. The van der Waals surface area contributed by atoms with Gasteiger partial charge in [-0.05, 0) is 31.9 Å². The van der Waals surface area contributed by atoms with E-state index in [1.54, 1.807) is 0 Å². The number of carbonyl (C=O) groups excluding carboxylic acids is 1. The molecule has 1 amide bonds. The summed E-state index contributed by atoms with van der Waals surface area (Å²) >= 11 is 0. The van der Waals surface area contributed by atoms with E-state index in [0.717, 1.165) is 24.8 Å². The van der Waals surface area contributed by atoms with Gasteiger partial charge in [-0.3, -0.25) is 4.79 Å². The molecule has 1 aromatic rings. The van der Waals surface area contributed by atoms with Crippen LogP contribution in [0, 0.1) is 6.92 Å². The quantitative estimate of drug-likeness (QED) is 0.716. The van der Waals surface area contributed by atoms with Crippen LogP contribution in [-0.2, 0) is 0 Å². The van der Waals surface area contributed by atoms with E-state index in [0.29, 0.717) is 18.7 Å². The Morgan fingerprint density at radius 1 is 1.20 bits per heavy atom. The Hall–Kier alpha value is -1.39.